The van der Waals surface area contributed by atoms with Gasteiger partial charge in [-0.2, -0.15) is 15.0 Å². The van der Waals surface area contributed by atoms with Crippen molar-refractivity contribution in [3.05, 3.63) is 89.9 Å². The van der Waals surface area contributed by atoms with E-state index in [1.54, 1.807) is 22.7 Å². The molecule has 0 aliphatic heterocycles. The number of aryl methyl sites for hydroxylation is 1. The van der Waals surface area contributed by atoms with Gasteiger partial charge in [0.2, 0.25) is 11.9 Å². The standard InChI is InChI=1S/C24H20N8O2/c1-15-7-10-18(11-8-15)26-24-28-19(27-23(25)29-24)14-34-22(33)17-9-12-20-30-31-21(32(20)13-17)16-5-3-2-4-6-16/h2-13H,14H2,1H3,(H3,25,26,27,28,29). The maximum atomic E-state index is 12.7. The molecule has 10 heteroatoms. The van der Waals surface area contributed by atoms with Crippen molar-refractivity contribution in [2.24, 2.45) is 0 Å². The smallest absolute Gasteiger partial charge is 0.340 e. The molecule has 5 rings (SSSR count). The summed E-state index contributed by atoms with van der Waals surface area (Å²) in [7, 11) is 0. The third-order valence-corrected chi connectivity index (χ3v) is 5.01. The molecular formula is C24H20N8O2. The molecule has 0 bridgehead atoms. The summed E-state index contributed by atoms with van der Waals surface area (Å²) < 4.78 is 7.18. The Hall–Kier alpha value is -4.86. The van der Waals surface area contributed by atoms with Gasteiger partial charge >= 0.3 is 5.97 Å². The molecule has 0 aliphatic carbocycles. The van der Waals surface area contributed by atoms with Gasteiger partial charge in [0.25, 0.3) is 0 Å². The van der Waals surface area contributed by atoms with Crippen molar-refractivity contribution in [3.8, 4) is 11.4 Å². The lowest BCUT2D eigenvalue weighted by Crippen LogP contribution is -2.11. The first-order chi connectivity index (χ1) is 16.5. The van der Waals surface area contributed by atoms with Gasteiger partial charge in [0.1, 0.15) is 0 Å². The van der Waals surface area contributed by atoms with Gasteiger partial charge in [-0.05, 0) is 31.2 Å². The van der Waals surface area contributed by atoms with Gasteiger partial charge in [-0.1, -0.05) is 48.0 Å². The quantitative estimate of drug-likeness (QED) is 0.371. The predicted octanol–water partition coefficient (Wildman–Crippen LogP) is 3.57. The number of nitrogen functional groups attached to an aromatic ring is 1. The number of rotatable bonds is 6. The zero-order chi connectivity index (χ0) is 23.5. The van der Waals surface area contributed by atoms with E-state index in [1.807, 2.05) is 61.5 Å². The van der Waals surface area contributed by atoms with Crippen LogP contribution in [-0.4, -0.2) is 35.5 Å². The zero-order valence-electron chi connectivity index (χ0n) is 18.2. The third kappa shape index (κ3) is 4.51. The Kier molecular flexibility index (Phi) is 5.53. The molecule has 5 aromatic rings. The van der Waals surface area contributed by atoms with Crippen molar-refractivity contribution in [2.45, 2.75) is 13.5 Å². The second kappa shape index (κ2) is 8.94. The number of nitrogens with zero attached hydrogens (tertiary/aromatic N) is 6. The summed E-state index contributed by atoms with van der Waals surface area (Å²) in [5, 5.41) is 11.5. The van der Waals surface area contributed by atoms with Crippen molar-refractivity contribution in [3.63, 3.8) is 0 Å². The van der Waals surface area contributed by atoms with Gasteiger partial charge < -0.3 is 15.8 Å². The van der Waals surface area contributed by atoms with Gasteiger partial charge in [0.05, 0.1) is 5.56 Å². The average molecular weight is 452 g/mol. The number of carbonyl (C=O) groups is 1. The summed E-state index contributed by atoms with van der Waals surface area (Å²) in [6.45, 7) is 1.83. The molecule has 0 aliphatic rings. The fraction of sp³-hybridized carbons (Fsp3) is 0.0833. The van der Waals surface area contributed by atoms with Crippen molar-refractivity contribution in [1.29, 1.82) is 0 Å². The maximum Gasteiger partial charge on any atom is 0.340 e. The van der Waals surface area contributed by atoms with Crippen molar-refractivity contribution in [2.75, 3.05) is 11.1 Å². The lowest BCUT2D eigenvalue weighted by molar-refractivity contribution is 0.0461. The first-order valence-corrected chi connectivity index (χ1v) is 10.5. The van der Waals surface area contributed by atoms with Crippen LogP contribution in [0, 0.1) is 6.92 Å². The van der Waals surface area contributed by atoms with Crippen molar-refractivity contribution in [1.82, 2.24) is 29.5 Å². The summed E-state index contributed by atoms with van der Waals surface area (Å²) in [6.07, 6.45) is 1.64. The van der Waals surface area contributed by atoms with E-state index < -0.39 is 5.97 Å². The molecule has 0 radical (unpaired) electrons. The first kappa shape index (κ1) is 21.0. The number of hydrogen-bond acceptors (Lipinski definition) is 9. The molecule has 0 saturated carbocycles. The summed E-state index contributed by atoms with van der Waals surface area (Å²) in [6, 6.07) is 20.7. The van der Waals surface area contributed by atoms with Crippen molar-refractivity contribution < 1.29 is 9.53 Å². The van der Waals surface area contributed by atoms with E-state index >= 15 is 0 Å². The van der Waals surface area contributed by atoms with E-state index in [1.165, 1.54) is 0 Å². The predicted molar refractivity (Wildman–Crippen MR) is 126 cm³/mol. The number of ether oxygens (including phenoxy) is 1. The number of benzene rings is 2. The van der Waals surface area contributed by atoms with Crippen LogP contribution >= 0.6 is 0 Å². The highest BCUT2D eigenvalue weighted by Crippen LogP contribution is 2.19. The fourth-order valence-electron chi connectivity index (χ4n) is 3.33. The minimum absolute atomic E-state index is 0.0223. The Morgan fingerprint density at radius 3 is 2.56 bits per heavy atom. The van der Waals surface area contributed by atoms with E-state index in [0.717, 1.165) is 16.8 Å². The Bertz CT molecular complexity index is 1470. The molecule has 0 unspecified atom stereocenters. The molecule has 0 spiro atoms. The summed E-state index contributed by atoms with van der Waals surface area (Å²) >= 11 is 0. The number of esters is 1. The molecule has 34 heavy (non-hydrogen) atoms. The van der Waals surface area contributed by atoms with Crippen LogP contribution in [-0.2, 0) is 11.3 Å². The van der Waals surface area contributed by atoms with E-state index in [9.17, 15) is 4.79 Å². The van der Waals surface area contributed by atoms with Gasteiger partial charge in [-0.25, -0.2) is 4.79 Å². The van der Waals surface area contributed by atoms with Crippen LogP contribution in [0.25, 0.3) is 17.0 Å². The molecule has 0 amide bonds. The van der Waals surface area contributed by atoms with Crippen LogP contribution < -0.4 is 11.1 Å². The lowest BCUT2D eigenvalue weighted by atomic mass is 10.2. The normalized spacial score (nSPS) is 10.9. The van der Waals surface area contributed by atoms with Crippen molar-refractivity contribution >= 4 is 29.2 Å². The summed E-state index contributed by atoms with van der Waals surface area (Å²) in [4.78, 5) is 25.2. The zero-order valence-corrected chi connectivity index (χ0v) is 18.2. The molecule has 3 aromatic heterocycles. The third-order valence-electron chi connectivity index (χ3n) is 5.01. The molecule has 0 atom stereocenters. The molecule has 2 aromatic carbocycles. The number of aromatic nitrogens is 6. The van der Waals surface area contributed by atoms with Crippen LogP contribution in [0.4, 0.5) is 17.6 Å². The molecule has 168 valence electrons. The number of nitrogens with one attached hydrogen (secondary N) is 1. The molecule has 0 saturated heterocycles. The maximum absolute atomic E-state index is 12.7. The van der Waals surface area contributed by atoms with Gasteiger partial charge in [0.15, 0.2) is 23.9 Å². The topological polar surface area (TPSA) is 133 Å². The highest BCUT2D eigenvalue weighted by Gasteiger charge is 2.14. The molecular weight excluding hydrogens is 432 g/mol. The number of carbonyl (C=O) groups excluding carboxylic acids is 1. The van der Waals surface area contributed by atoms with Crippen LogP contribution in [0.3, 0.4) is 0 Å². The van der Waals surface area contributed by atoms with E-state index in [0.29, 0.717) is 17.0 Å². The number of nitrogens with two attached hydrogens (primary N) is 1. The van der Waals surface area contributed by atoms with Crippen LogP contribution in [0.5, 0.6) is 0 Å². The first-order valence-electron chi connectivity index (χ1n) is 10.5. The number of pyridine rings is 1. The summed E-state index contributed by atoms with van der Waals surface area (Å²) in [5.41, 5.74) is 9.59. The minimum atomic E-state index is -0.540. The highest BCUT2D eigenvalue weighted by molar-refractivity contribution is 5.89. The fourth-order valence-corrected chi connectivity index (χ4v) is 3.33. The Morgan fingerprint density at radius 1 is 0.971 bits per heavy atom. The Labute approximate surface area is 194 Å². The monoisotopic (exact) mass is 452 g/mol. The Morgan fingerprint density at radius 2 is 1.76 bits per heavy atom. The van der Waals surface area contributed by atoms with Gasteiger partial charge in [-0.3, -0.25) is 4.40 Å². The second-order valence-electron chi connectivity index (χ2n) is 7.54. The van der Waals surface area contributed by atoms with E-state index in [2.05, 4.69) is 30.5 Å². The largest absolute Gasteiger partial charge is 0.454 e. The van der Waals surface area contributed by atoms with E-state index in [-0.39, 0.29) is 24.3 Å². The number of fused-ring (bicyclic) bond motifs is 1. The minimum Gasteiger partial charge on any atom is -0.454 e. The number of anilines is 3. The van der Waals surface area contributed by atoms with Crippen LogP contribution in [0.2, 0.25) is 0 Å². The second-order valence-corrected chi connectivity index (χ2v) is 7.54. The number of hydrogen-bond donors (Lipinski definition) is 2. The molecule has 0 fully saturated rings. The van der Waals surface area contributed by atoms with E-state index in [4.69, 9.17) is 10.5 Å². The van der Waals surface area contributed by atoms with Crippen LogP contribution in [0.15, 0.2) is 72.9 Å². The Balaban J connectivity index is 1.32. The van der Waals surface area contributed by atoms with Gasteiger partial charge in [-0.15, -0.1) is 10.2 Å². The average Bonchev–Trinajstić information content (AvgIpc) is 3.27. The highest BCUT2D eigenvalue weighted by atomic mass is 16.5. The lowest BCUT2D eigenvalue weighted by Gasteiger charge is -2.09. The molecule has 3 heterocycles. The summed E-state index contributed by atoms with van der Waals surface area (Å²) in [5.74, 6) is 0.602. The SMILES string of the molecule is Cc1ccc(Nc2nc(N)nc(COC(=O)c3ccc4nnc(-c5ccccc5)n4c3)n2)cc1. The van der Waals surface area contributed by atoms with Gasteiger partial charge in [0, 0.05) is 17.4 Å². The molecule has 10 nitrogen and oxygen atoms in total. The van der Waals surface area contributed by atoms with Crippen LogP contribution in [0.1, 0.15) is 21.7 Å². The molecule has 3 N–H and O–H groups in total.